The van der Waals surface area contributed by atoms with E-state index in [1.54, 1.807) is 12.1 Å². The zero-order valence-corrected chi connectivity index (χ0v) is 13.8. The predicted octanol–water partition coefficient (Wildman–Crippen LogP) is 3.37. The number of aromatic amines is 1. The number of benzene rings is 2. The van der Waals surface area contributed by atoms with Gasteiger partial charge in [0.1, 0.15) is 5.82 Å². The Hall–Kier alpha value is -2.50. The fraction of sp³-hybridized carbons (Fsp3) is 0.250. The van der Waals surface area contributed by atoms with Gasteiger partial charge in [-0.1, -0.05) is 36.4 Å². The highest BCUT2D eigenvalue weighted by Crippen LogP contribution is 2.32. The first-order valence-electron chi connectivity index (χ1n) is 8.47. The predicted molar refractivity (Wildman–Crippen MR) is 94.5 cm³/mol. The molecule has 1 aliphatic heterocycles. The van der Waals surface area contributed by atoms with E-state index in [0.717, 1.165) is 35.2 Å². The van der Waals surface area contributed by atoms with E-state index in [-0.39, 0.29) is 18.0 Å². The number of hydrogen-bond donors (Lipinski definition) is 2. The summed E-state index contributed by atoms with van der Waals surface area (Å²) in [5, 5.41) is 16.9. The number of H-pyrrole nitrogens is 1. The molecule has 3 aromatic rings. The molecule has 2 heterocycles. The first-order valence-corrected chi connectivity index (χ1v) is 8.47. The molecule has 1 fully saturated rings. The number of aromatic nitrogens is 2. The molecule has 2 atom stereocenters. The molecule has 4 nitrogen and oxygen atoms in total. The standard InChI is InChI=1S/C20H20FN3O/c21-18-7-5-15(6-8-18)14-1-3-16(4-2-14)20(17-11-22-23-12-17)24-10-9-19(25)13-24/h1-8,11-12,19-20,25H,9-10,13H2,(H,22,23). The summed E-state index contributed by atoms with van der Waals surface area (Å²) in [6.45, 7) is 1.52. The molecule has 1 saturated heterocycles. The minimum Gasteiger partial charge on any atom is -0.392 e. The summed E-state index contributed by atoms with van der Waals surface area (Å²) in [5.41, 5.74) is 4.28. The molecule has 1 aromatic heterocycles. The van der Waals surface area contributed by atoms with Crippen molar-refractivity contribution in [3.8, 4) is 11.1 Å². The Morgan fingerprint density at radius 1 is 1.04 bits per heavy atom. The Kier molecular flexibility index (Phi) is 4.34. The fourth-order valence-corrected chi connectivity index (χ4v) is 3.53. The van der Waals surface area contributed by atoms with Gasteiger partial charge in [0.15, 0.2) is 0 Å². The summed E-state index contributed by atoms with van der Waals surface area (Å²) >= 11 is 0. The van der Waals surface area contributed by atoms with Gasteiger partial charge in [-0.25, -0.2) is 4.39 Å². The van der Waals surface area contributed by atoms with Crippen LogP contribution in [0.2, 0.25) is 0 Å². The van der Waals surface area contributed by atoms with Crippen molar-refractivity contribution < 1.29 is 9.50 Å². The van der Waals surface area contributed by atoms with Crippen LogP contribution in [0.4, 0.5) is 4.39 Å². The molecule has 0 saturated carbocycles. The van der Waals surface area contributed by atoms with Gasteiger partial charge in [-0.2, -0.15) is 5.10 Å². The molecule has 0 aliphatic carbocycles. The van der Waals surface area contributed by atoms with Crippen LogP contribution >= 0.6 is 0 Å². The van der Waals surface area contributed by atoms with E-state index in [0.29, 0.717) is 6.54 Å². The van der Waals surface area contributed by atoms with Crippen molar-refractivity contribution in [3.63, 3.8) is 0 Å². The third-order valence-corrected chi connectivity index (χ3v) is 4.80. The maximum Gasteiger partial charge on any atom is 0.123 e. The Balaban J connectivity index is 1.64. The maximum absolute atomic E-state index is 13.1. The van der Waals surface area contributed by atoms with Gasteiger partial charge < -0.3 is 5.11 Å². The van der Waals surface area contributed by atoms with Gasteiger partial charge >= 0.3 is 0 Å². The molecule has 0 spiro atoms. The van der Waals surface area contributed by atoms with Crippen LogP contribution in [-0.4, -0.2) is 39.4 Å². The van der Waals surface area contributed by atoms with E-state index in [1.807, 2.05) is 12.4 Å². The quantitative estimate of drug-likeness (QED) is 0.767. The molecular weight excluding hydrogens is 317 g/mol. The van der Waals surface area contributed by atoms with Crippen molar-refractivity contribution >= 4 is 0 Å². The van der Waals surface area contributed by atoms with Crippen LogP contribution in [0, 0.1) is 5.82 Å². The normalized spacial score (nSPS) is 19.2. The molecule has 4 rings (SSSR count). The third kappa shape index (κ3) is 3.34. The summed E-state index contributed by atoms with van der Waals surface area (Å²) in [5.74, 6) is -0.229. The zero-order chi connectivity index (χ0) is 17.2. The van der Waals surface area contributed by atoms with Crippen LogP contribution in [0.3, 0.4) is 0 Å². The smallest absolute Gasteiger partial charge is 0.123 e. The van der Waals surface area contributed by atoms with Crippen LogP contribution in [0.25, 0.3) is 11.1 Å². The van der Waals surface area contributed by atoms with Crippen molar-refractivity contribution in [2.45, 2.75) is 18.6 Å². The van der Waals surface area contributed by atoms with Gasteiger partial charge in [0.05, 0.1) is 18.3 Å². The first-order chi connectivity index (χ1) is 12.2. The minimum atomic E-state index is -0.270. The number of rotatable bonds is 4. The molecule has 2 unspecified atom stereocenters. The molecule has 1 aliphatic rings. The molecule has 0 radical (unpaired) electrons. The second-order valence-corrected chi connectivity index (χ2v) is 6.50. The number of nitrogens with one attached hydrogen (secondary N) is 1. The second-order valence-electron chi connectivity index (χ2n) is 6.50. The van der Waals surface area contributed by atoms with Crippen molar-refractivity contribution in [3.05, 3.63) is 77.9 Å². The van der Waals surface area contributed by atoms with Crippen molar-refractivity contribution in [1.29, 1.82) is 0 Å². The topological polar surface area (TPSA) is 52.1 Å². The number of aliphatic hydroxyl groups excluding tert-OH is 1. The average molecular weight is 337 g/mol. The number of halogens is 1. The van der Waals surface area contributed by atoms with Crippen LogP contribution in [-0.2, 0) is 0 Å². The van der Waals surface area contributed by atoms with E-state index in [9.17, 15) is 9.50 Å². The molecule has 25 heavy (non-hydrogen) atoms. The SMILES string of the molecule is OC1CCN(C(c2ccc(-c3ccc(F)cc3)cc2)c2cn[nH]c2)C1. The van der Waals surface area contributed by atoms with Crippen molar-refractivity contribution in [2.24, 2.45) is 0 Å². The molecular formula is C20H20FN3O. The summed E-state index contributed by atoms with van der Waals surface area (Å²) in [7, 11) is 0. The maximum atomic E-state index is 13.1. The summed E-state index contributed by atoms with van der Waals surface area (Å²) < 4.78 is 13.1. The largest absolute Gasteiger partial charge is 0.392 e. The lowest BCUT2D eigenvalue weighted by Gasteiger charge is -2.27. The molecule has 0 bridgehead atoms. The lowest BCUT2D eigenvalue weighted by molar-refractivity contribution is 0.167. The lowest BCUT2D eigenvalue weighted by Crippen LogP contribution is -2.28. The Morgan fingerprint density at radius 2 is 1.72 bits per heavy atom. The van der Waals surface area contributed by atoms with E-state index in [4.69, 9.17) is 0 Å². The van der Waals surface area contributed by atoms with Gasteiger partial charge in [0.2, 0.25) is 0 Å². The molecule has 0 amide bonds. The van der Waals surface area contributed by atoms with Crippen LogP contribution in [0.5, 0.6) is 0 Å². The van der Waals surface area contributed by atoms with E-state index in [2.05, 4.69) is 39.4 Å². The number of hydrogen-bond acceptors (Lipinski definition) is 3. The molecule has 2 aromatic carbocycles. The summed E-state index contributed by atoms with van der Waals surface area (Å²) in [6, 6.07) is 14.9. The van der Waals surface area contributed by atoms with Crippen LogP contribution < -0.4 is 0 Å². The van der Waals surface area contributed by atoms with Gasteiger partial charge in [0, 0.05) is 24.8 Å². The first kappa shape index (κ1) is 16.0. The Bertz CT molecular complexity index is 815. The monoisotopic (exact) mass is 337 g/mol. The number of nitrogens with zero attached hydrogens (tertiary/aromatic N) is 2. The van der Waals surface area contributed by atoms with Gasteiger partial charge in [-0.05, 0) is 35.2 Å². The highest BCUT2D eigenvalue weighted by molar-refractivity contribution is 5.63. The average Bonchev–Trinajstić information content (AvgIpc) is 3.29. The van der Waals surface area contributed by atoms with Gasteiger partial charge in [-0.15, -0.1) is 0 Å². The highest BCUT2D eigenvalue weighted by atomic mass is 19.1. The lowest BCUT2D eigenvalue weighted by atomic mass is 9.97. The molecule has 5 heteroatoms. The van der Waals surface area contributed by atoms with Crippen LogP contribution in [0.15, 0.2) is 60.9 Å². The Labute approximate surface area is 145 Å². The summed E-state index contributed by atoms with van der Waals surface area (Å²) in [6.07, 6.45) is 4.27. The molecule has 2 N–H and O–H groups in total. The summed E-state index contributed by atoms with van der Waals surface area (Å²) in [4.78, 5) is 2.28. The van der Waals surface area contributed by atoms with Crippen molar-refractivity contribution in [1.82, 2.24) is 15.1 Å². The van der Waals surface area contributed by atoms with E-state index >= 15 is 0 Å². The Morgan fingerprint density at radius 3 is 2.28 bits per heavy atom. The van der Waals surface area contributed by atoms with Gasteiger partial charge in [-0.3, -0.25) is 10.00 Å². The van der Waals surface area contributed by atoms with Crippen LogP contribution in [0.1, 0.15) is 23.6 Å². The number of aliphatic hydroxyl groups is 1. The number of β-amino-alcohol motifs (C(OH)–C–C–N with tert-alkyl or cyclic N) is 1. The van der Waals surface area contributed by atoms with E-state index < -0.39 is 0 Å². The van der Waals surface area contributed by atoms with Gasteiger partial charge in [0.25, 0.3) is 0 Å². The molecule has 128 valence electrons. The second kappa shape index (κ2) is 6.78. The zero-order valence-electron chi connectivity index (χ0n) is 13.8. The number of likely N-dealkylation sites (tertiary alicyclic amines) is 1. The van der Waals surface area contributed by atoms with Crippen molar-refractivity contribution in [2.75, 3.05) is 13.1 Å². The fourth-order valence-electron chi connectivity index (χ4n) is 3.53. The minimum absolute atomic E-state index is 0.0677. The van der Waals surface area contributed by atoms with E-state index in [1.165, 1.54) is 12.1 Å². The highest BCUT2D eigenvalue weighted by Gasteiger charge is 2.29. The third-order valence-electron chi connectivity index (χ3n) is 4.80.